The second-order valence-corrected chi connectivity index (χ2v) is 6.96. The van der Waals surface area contributed by atoms with Crippen LogP contribution < -0.4 is 15.6 Å². The first kappa shape index (κ1) is 17.3. The first-order valence-corrected chi connectivity index (χ1v) is 7.80. The largest absolute Gasteiger partial charge is 0.483 e. The van der Waals surface area contributed by atoms with Crippen LogP contribution in [0.5, 0.6) is 5.75 Å². The van der Waals surface area contributed by atoms with E-state index in [2.05, 4.69) is 10.9 Å². The van der Waals surface area contributed by atoms with E-state index < -0.39 is 0 Å². The monoisotopic (exact) mass is 336 g/mol. The van der Waals surface area contributed by atoms with Gasteiger partial charge in [0, 0.05) is 23.2 Å². The number of carbonyl (C=O) groups excluding carboxylic acids is 2. The van der Waals surface area contributed by atoms with Gasteiger partial charge >= 0.3 is 0 Å². The van der Waals surface area contributed by atoms with Crippen LogP contribution in [0.15, 0.2) is 30.0 Å². The third-order valence-electron chi connectivity index (χ3n) is 3.52. The number of ketones is 1. The lowest BCUT2D eigenvalue weighted by molar-refractivity contribution is -0.124. The van der Waals surface area contributed by atoms with Crippen molar-refractivity contribution in [1.82, 2.24) is 10.9 Å². The molecule has 0 unspecified atom stereocenters. The van der Waals surface area contributed by atoms with Gasteiger partial charge in [-0.05, 0) is 42.5 Å². The van der Waals surface area contributed by atoms with Crippen LogP contribution in [-0.4, -0.2) is 18.3 Å². The first-order valence-electron chi connectivity index (χ1n) is 7.42. The predicted octanol–water partition coefficient (Wildman–Crippen LogP) is 2.92. The van der Waals surface area contributed by atoms with Gasteiger partial charge in [0.1, 0.15) is 5.75 Å². The fourth-order valence-corrected chi connectivity index (χ4v) is 2.76. The molecule has 124 valence electrons. The zero-order chi connectivity index (χ0) is 17.0. The van der Waals surface area contributed by atoms with E-state index in [1.54, 1.807) is 18.2 Å². The van der Waals surface area contributed by atoms with Gasteiger partial charge in [0.05, 0.1) is 0 Å². The van der Waals surface area contributed by atoms with Crippen molar-refractivity contribution in [3.8, 4) is 5.75 Å². The third-order valence-corrected chi connectivity index (χ3v) is 3.75. The molecule has 1 aliphatic carbocycles. The average molecular weight is 337 g/mol. The summed E-state index contributed by atoms with van der Waals surface area (Å²) in [6, 6.07) is 5.21. The highest BCUT2D eigenvalue weighted by molar-refractivity contribution is 6.30. The number of hydrogen-bond acceptors (Lipinski definition) is 4. The minimum atomic E-state index is -0.323. The molecule has 0 heterocycles. The Morgan fingerprint density at radius 2 is 2.09 bits per heavy atom. The molecule has 0 aromatic heterocycles. The van der Waals surface area contributed by atoms with Gasteiger partial charge in [0.25, 0.3) is 5.91 Å². The smallest absolute Gasteiger partial charge is 0.276 e. The Bertz CT molecular complexity index is 653. The molecule has 2 N–H and O–H groups in total. The number of hydrazine groups is 1. The topological polar surface area (TPSA) is 67.4 Å². The highest BCUT2D eigenvalue weighted by Gasteiger charge is 2.27. The number of allylic oxidation sites excluding steroid dienone is 2. The van der Waals surface area contributed by atoms with Gasteiger partial charge in [-0.2, -0.15) is 0 Å². The number of rotatable bonds is 5. The van der Waals surface area contributed by atoms with Crippen molar-refractivity contribution in [1.29, 1.82) is 0 Å². The van der Waals surface area contributed by atoms with Gasteiger partial charge in [-0.3, -0.25) is 15.0 Å². The zero-order valence-corrected chi connectivity index (χ0v) is 14.3. The van der Waals surface area contributed by atoms with Crippen molar-refractivity contribution in [2.45, 2.75) is 33.6 Å². The van der Waals surface area contributed by atoms with Gasteiger partial charge in [-0.1, -0.05) is 25.4 Å². The summed E-state index contributed by atoms with van der Waals surface area (Å²) >= 11 is 5.87. The lowest BCUT2D eigenvalue weighted by atomic mass is 9.79. The van der Waals surface area contributed by atoms with Crippen molar-refractivity contribution in [2.75, 3.05) is 6.61 Å². The first-order chi connectivity index (χ1) is 10.7. The molecule has 0 saturated heterocycles. The van der Waals surface area contributed by atoms with Crippen molar-refractivity contribution >= 4 is 23.3 Å². The second kappa shape index (κ2) is 7.04. The highest BCUT2D eigenvalue weighted by Crippen LogP contribution is 2.32. The Kier molecular flexibility index (Phi) is 5.31. The van der Waals surface area contributed by atoms with Gasteiger partial charge < -0.3 is 10.2 Å². The average Bonchev–Trinajstić information content (AvgIpc) is 2.42. The van der Waals surface area contributed by atoms with Gasteiger partial charge in [-0.15, -0.1) is 0 Å². The predicted molar refractivity (Wildman–Crippen MR) is 89.1 cm³/mol. The summed E-state index contributed by atoms with van der Waals surface area (Å²) in [7, 11) is 0. The van der Waals surface area contributed by atoms with Gasteiger partial charge in [0.2, 0.25) is 0 Å². The molecule has 23 heavy (non-hydrogen) atoms. The molecular weight excluding hydrogens is 316 g/mol. The molecule has 2 rings (SSSR count). The van der Waals surface area contributed by atoms with Crippen LogP contribution in [0.25, 0.3) is 0 Å². The number of amides is 1. The fourth-order valence-electron chi connectivity index (χ4n) is 2.53. The minimum absolute atomic E-state index is 0.0611. The quantitative estimate of drug-likeness (QED) is 0.811. The molecule has 1 amide bonds. The van der Waals surface area contributed by atoms with E-state index in [4.69, 9.17) is 16.3 Å². The summed E-state index contributed by atoms with van der Waals surface area (Å²) in [5.41, 5.74) is 6.83. The third kappa shape index (κ3) is 5.28. The minimum Gasteiger partial charge on any atom is -0.483 e. The molecule has 0 saturated carbocycles. The summed E-state index contributed by atoms with van der Waals surface area (Å²) in [4.78, 5) is 23.5. The maximum absolute atomic E-state index is 11.8. The van der Waals surface area contributed by atoms with Crippen LogP contribution in [0.1, 0.15) is 32.3 Å². The van der Waals surface area contributed by atoms with Crippen molar-refractivity contribution < 1.29 is 14.3 Å². The number of aryl methyl sites for hydroxylation is 1. The standard InChI is InChI=1S/C17H21ClN2O3/c1-11-6-12(18)4-5-15(11)23-10-16(22)20-19-13-7-14(21)9-17(2,3)8-13/h4-7,19H,8-10H2,1-3H3,(H,20,22). The fraction of sp³-hybridized carbons (Fsp3) is 0.412. The van der Waals surface area contributed by atoms with Gasteiger partial charge in [-0.25, -0.2) is 0 Å². The van der Waals surface area contributed by atoms with E-state index in [0.29, 0.717) is 29.3 Å². The van der Waals surface area contributed by atoms with Crippen LogP contribution in [0, 0.1) is 12.3 Å². The lowest BCUT2D eigenvalue weighted by Gasteiger charge is -2.29. The van der Waals surface area contributed by atoms with Crippen molar-refractivity contribution in [3.05, 3.63) is 40.6 Å². The maximum atomic E-state index is 11.8. The molecule has 6 heteroatoms. The lowest BCUT2D eigenvalue weighted by Crippen LogP contribution is -2.42. The van der Waals surface area contributed by atoms with E-state index in [-0.39, 0.29) is 23.7 Å². The molecule has 5 nitrogen and oxygen atoms in total. The molecule has 1 aliphatic rings. The van der Waals surface area contributed by atoms with Crippen molar-refractivity contribution in [3.63, 3.8) is 0 Å². The van der Waals surface area contributed by atoms with Crippen molar-refractivity contribution in [2.24, 2.45) is 5.41 Å². The molecule has 0 bridgehead atoms. The van der Waals surface area contributed by atoms with Crippen LogP contribution in [0.2, 0.25) is 5.02 Å². The van der Waals surface area contributed by atoms with E-state index in [9.17, 15) is 9.59 Å². The summed E-state index contributed by atoms with van der Waals surface area (Å²) in [5, 5.41) is 0.623. The number of carbonyl (C=O) groups is 2. The van der Waals surface area contributed by atoms with E-state index in [1.165, 1.54) is 6.08 Å². The van der Waals surface area contributed by atoms with Crippen LogP contribution >= 0.6 is 11.6 Å². The Morgan fingerprint density at radius 3 is 2.74 bits per heavy atom. The van der Waals surface area contributed by atoms with E-state index >= 15 is 0 Å². The Hall–Kier alpha value is -2.01. The summed E-state index contributed by atoms with van der Waals surface area (Å²) in [5.74, 6) is 0.347. The Labute approximate surface area is 141 Å². The van der Waals surface area contributed by atoms with Gasteiger partial charge in [0.15, 0.2) is 12.4 Å². The number of nitrogens with one attached hydrogen (secondary N) is 2. The number of halogens is 1. The summed E-state index contributed by atoms with van der Waals surface area (Å²) in [6.45, 7) is 5.78. The molecule has 0 radical (unpaired) electrons. The SMILES string of the molecule is Cc1cc(Cl)ccc1OCC(=O)NNC1=CC(=O)CC(C)(C)C1. The second-order valence-electron chi connectivity index (χ2n) is 6.53. The normalized spacial score (nSPS) is 16.5. The Morgan fingerprint density at radius 1 is 1.35 bits per heavy atom. The summed E-state index contributed by atoms with van der Waals surface area (Å²) < 4.78 is 5.46. The maximum Gasteiger partial charge on any atom is 0.276 e. The van der Waals surface area contributed by atoms with Crippen LogP contribution in [-0.2, 0) is 9.59 Å². The molecule has 1 aromatic rings. The highest BCUT2D eigenvalue weighted by atomic mass is 35.5. The number of hydrogen-bond donors (Lipinski definition) is 2. The molecular formula is C17H21ClN2O3. The molecule has 0 aliphatic heterocycles. The van der Waals surface area contributed by atoms with Crippen LogP contribution in [0.3, 0.4) is 0 Å². The Balaban J connectivity index is 1.82. The number of benzene rings is 1. The van der Waals surface area contributed by atoms with E-state index in [0.717, 1.165) is 5.56 Å². The van der Waals surface area contributed by atoms with Crippen LogP contribution in [0.4, 0.5) is 0 Å². The zero-order valence-electron chi connectivity index (χ0n) is 13.5. The number of ether oxygens (including phenoxy) is 1. The molecule has 0 atom stereocenters. The molecule has 1 aromatic carbocycles. The summed E-state index contributed by atoms with van der Waals surface area (Å²) in [6.07, 6.45) is 2.76. The van der Waals surface area contributed by atoms with E-state index in [1.807, 2.05) is 20.8 Å². The molecule has 0 fully saturated rings. The molecule has 0 spiro atoms.